The molecule has 0 unspecified atom stereocenters. The van der Waals surface area contributed by atoms with E-state index in [1.807, 2.05) is 4.68 Å². The molecule has 1 amide bonds. The molecule has 12 heteroatoms. The molecule has 5 heterocycles. The highest BCUT2D eigenvalue weighted by atomic mass is 19.4. The number of carbonyl (C=O) groups excluding carboxylic acids is 1. The summed E-state index contributed by atoms with van der Waals surface area (Å²) in [6.07, 6.45) is -2.68. The van der Waals surface area contributed by atoms with Gasteiger partial charge in [-0.05, 0) is 25.3 Å². The van der Waals surface area contributed by atoms with Gasteiger partial charge < -0.3 is 24.0 Å². The molecule has 1 fully saturated rings. The minimum Gasteiger partial charge on any atom is -0.474 e. The molecule has 0 bridgehead atoms. The number of hydrogen-bond donors (Lipinski definition) is 0. The number of alkyl halides is 3. The normalized spacial score (nSPS) is 18.7. The molecule has 2 aromatic rings. The zero-order valence-electron chi connectivity index (χ0n) is 19.7. The van der Waals surface area contributed by atoms with Gasteiger partial charge in [-0.15, -0.1) is 0 Å². The summed E-state index contributed by atoms with van der Waals surface area (Å²) in [7, 11) is 1.33. The molecule has 0 aliphatic carbocycles. The van der Waals surface area contributed by atoms with Crippen molar-refractivity contribution >= 4 is 17.6 Å². The van der Waals surface area contributed by atoms with Gasteiger partial charge in [-0.25, -0.2) is 9.78 Å². The zero-order valence-corrected chi connectivity index (χ0v) is 19.7. The van der Waals surface area contributed by atoms with Crippen LogP contribution in [0.15, 0.2) is 6.07 Å². The monoisotopic (exact) mass is 495 g/mol. The molecule has 35 heavy (non-hydrogen) atoms. The van der Waals surface area contributed by atoms with Gasteiger partial charge in [-0.1, -0.05) is 6.92 Å². The summed E-state index contributed by atoms with van der Waals surface area (Å²) in [4.78, 5) is 19.8. The van der Waals surface area contributed by atoms with Crippen molar-refractivity contribution in [2.75, 3.05) is 44.9 Å². The molecule has 0 spiro atoms. The van der Waals surface area contributed by atoms with E-state index in [0.717, 1.165) is 30.2 Å². The molecular formula is C23H28F3N5O4. The summed E-state index contributed by atoms with van der Waals surface area (Å²) in [5.74, 6) is 0.694. The number of rotatable bonds is 3. The molecule has 2 aromatic heterocycles. The average molecular weight is 496 g/mol. The van der Waals surface area contributed by atoms with Crippen LogP contribution in [-0.2, 0) is 35.0 Å². The maximum atomic E-state index is 13.8. The number of pyridine rings is 1. The second kappa shape index (κ2) is 9.21. The summed E-state index contributed by atoms with van der Waals surface area (Å²) in [6.45, 7) is 4.20. The van der Waals surface area contributed by atoms with Crippen molar-refractivity contribution in [3.8, 4) is 5.88 Å². The summed E-state index contributed by atoms with van der Waals surface area (Å²) in [5.41, 5.74) is 1.21. The molecule has 1 saturated heterocycles. The van der Waals surface area contributed by atoms with Crippen LogP contribution in [0.3, 0.4) is 0 Å². The van der Waals surface area contributed by atoms with Crippen molar-refractivity contribution in [2.45, 2.75) is 51.4 Å². The predicted octanol–water partition coefficient (Wildman–Crippen LogP) is 3.87. The molecule has 190 valence electrons. The number of aromatic nitrogens is 3. The van der Waals surface area contributed by atoms with Gasteiger partial charge in [0.25, 0.3) is 0 Å². The van der Waals surface area contributed by atoms with Gasteiger partial charge in [-0.3, -0.25) is 4.68 Å². The first-order chi connectivity index (χ1) is 16.8. The lowest BCUT2D eigenvalue weighted by Crippen LogP contribution is -2.37. The first-order valence-electron chi connectivity index (χ1n) is 11.8. The lowest BCUT2D eigenvalue weighted by Gasteiger charge is -2.32. The Morgan fingerprint density at radius 1 is 1.23 bits per heavy atom. The summed E-state index contributed by atoms with van der Waals surface area (Å²) in [6, 6.07) is 1.24. The van der Waals surface area contributed by atoms with E-state index in [9.17, 15) is 18.0 Å². The summed E-state index contributed by atoms with van der Waals surface area (Å²) < 4.78 is 59.6. The van der Waals surface area contributed by atoms with Crippen molar-refractivity contribution in [3.63, 3.8) is 0 Å². The second-order valence-electron chi connectivity index (χ2n) is 8.84. The van der Waals surface area contributed by atoms with Crippen LogP contribution in [0.5, 0.6) is 5.88 Å². The zero-order chi connectivity index (χ0) is 24.7. The van der Waals surface area contributed by atoms with Gasteiger partial charge in [-0.2, -0.15) is 18.3 Å². The number of hydrogen-bond acceptors (Lipinski definition) is 7. The van der Waals surface area contributed by atoms with E-state index in [2.05, 4.69) is 4.98 Å². The number of nitrogens with zero attached hydrogens (tertiary/aromatic N) is 5. The van der Waals surface area contributed by atoms with Crippen LogP contribution in [-0.4, -0.2) is 65.8 Å². The smallest absolute Gasteiger partial charge is 0.418 e. The van der Waals surface area contributed by atoms with Crippen molar-refractivity contribution in [3.05, 3.63) is 28.6 Å². The van der Waals surface area contributed by atoms with Crippen molar-refractivity contribution in [2.24, 2.45) is 0 Å². The standard InChI is InChI=1S/C23H28F3N5O4/c1-3-17-16(23(24,25)26)12-19-21(27-17)35-11-8-30(19)20-15-13-29(22(32)33-2)7-4-18(15)31(28-20)14-5-9-34-10-6-14/h12,14H,3-11,13H2,1-2H3. The van der Waals surface area contributed by atoms with Crippen LogP contribution in [0.4, 0.5) is 29.5 Å². The third kappa shape index (κ3) is 4.28. The van der Waals surface area contributed by atoms with Gasteiger partial charge in [0.2, 0.25) is 5.88 Å². The summed E-state index contributed by atoms with van der Waals surface area (Å²) >= 11 is 0. The SMILES string of the molecule is CCc1nc2c(cc1C(F)(F)F)N(c1nn(C3CCOCC3)c3c1CN(C(=O)OC)CC3)CCO2. The minimum absolute atomic E-state index is 0.0512. The van der Waals surface area contributed by atoms with E-state index in [0.29, 0.717) is 38.5 Å². The molecule has 0 atom stereocenters. The van der Waals surface area contributed by atoms with Crippen LogP contribution in [0.2, 0.25) is 0 Å². The Kier molecular flexibility index (Phi) is 6.24. The lowest BCUT2D eigenvalue weighted by molar-refractivity contribution is -0.138. The van der Waals surface area contributed by atoms with Crippen LogP contribution >= 0.6 is 0 Å². The Labute approximate surface area is 200 Å². The van der Waals surface area contributed by atoms with Crippen LogP contribution in [0.1, 0.15) is 48.3 Å². The minimum atomic E-state index is -4.54. The van der Waals surface area contributed by atoms with Gasteiger partial charge in [0.05, 0.1) is 37.5 Å². The number of aryl methyl sites for hydroxylation is 1. The molecule has 9 nitrogen and oxygen atoms in total. The predicted molar refractivity (Wildman–Crippen MR) is 119 cm³/mol. The van der Waals surface area contributed by atoms with Gasteiger partial charge in [0, 0.05) is 37.4 Å². The maximum Gasteiger partial charge on any atom is 0.418 e. The quantitative estimate of drug-likeness (QED) is 0.640. The number of methoxy groups -OCH3 is 1. The maximum absolute atomic E-state index is 13.8. The Morgan fingerprint density at radius 2 is 2.00 bits per heavy atom. The van der Waals surface area contributed by atoms with Gasteiger partial charge in [0.15, 0.2) is 5.82 Å². The molecular weight excluding hydrogens is 467 g/mol. The lowest BCUT2D eigenvalue weighted by atomic mass is 10.0. The number of ether oxygens (including phenoxy) is 3. The fourth-order valence-corrected chi connectivity index (χ4v) is 5.07. The Hall–Kier alpha value is -3.02. The molecule has 0 N–H and O–H groups in total. The highest BCUT2D eigenvalue weighted by molar-refractivity contribution is 5.72. The van der Waals surface area contributed by atoms with Crippen LogP contribution in [0.25, 0.3) is 0 Å². The molecule has 5 rings (SSSR count). The van der Waals surface area contributed by atoms with Crippen LogP contribution < -0.4 is 9.64 Å². The Bertz CT molecular complexity index is 1110. The molecule has 3 aliphatic rings. The van der Waals surface area contributed by atoms with E-state index in [1.165, 1.54) is 7.11 Å². The van der Waals surface area contributed by atoms with Gasteiger partial charge in [0.1, 0.15) is 12.3 Å². The van der Waals surface area contributed by atoms with Crippen LogP contribution in [0, 0.1) is 0 Å². The number of halogens is 3. The molecule has 0 radical (unpaired) electrons. The first-order valence-corrected chi connectivity index (χ1v) is 11.8. The van der Waals surface area contributed by atoms with Crippen molar-refractivity contribution in [1.82, 2.24) is 19.7 Å². The molecule has 3 aliphatic heterocycles. The topological polar surface area (TPSA) is 82.0 Å². The fraction of sp³-hybridized carbons (Fsp3) is 0.609. The first kappa shape index (κ1) is 23.7. The van der Waals surface area contributed by atoms with E-state index in [4.69, 9.17) is 19.3 Å². The number of amides is 1. The van der Waals surface area contributed by atoms with E-state index >= 15 is 0 Å². The average Bonchev–Trinajstić information content (AvgIpc) is 3.25. The van der Waals surface area contributed by atoms with Crippen molar-refractivity contribution < 1.29 is 32.2 Å². The van der Waals surface area contributed by atoms with E-state index < -0.39 is 17.8 Å². The van der Waals surface area contributed by atoms with Crippen molar-refractivity contribution in [1.29, 1.82) is 0 Å². The third-order valence-electron chi connectivity index (χ3n) is 6.82. The molecule has 0 aromatic carbocycles. The van der Waals surface area contributed by atoms with E-state index in [-0.39, 0.29) is 42.9 Å². The Morgan fingerprint density at radius 3 is 2.69 bits per heavy atom. The number of fused-ring (bicyclic) bond motifs is 2. The van der Waals surface area contributed by atoms with E-state index in [1.54, 1.807) is 16.7 Å². The second-order valence-corrected chi connectivity index (χ2v) is 8.84. The Balaban J connectivity index is 1.62. The largest absolute Gasteiger partial charge is 0.474 e. The third-order valence-corrected chi connectivity index (χ3v) is 6.82. The van der Waals surface area contributed by atoms with Gasteiger partial charge >= 0.3 is 12.3 Å². The molecule has 0 saturated carbocycles. The fourth-order valence-electron chi connectivity index (χ4n) is 5.07. The number of carbonyl (C=O) groups is 1. The number of anilines is 2. The highest BCUT2D eigenvalue weighted by Gasteiger charge is 2.39. The summed E-state index contributed by atoms with van der Waals surface area (Å²) in [5, 5.41) is 4.94. The highest BCUT2D eigenvalue weighted by Crippen LogP contribution is 2.43.